The van der Waals surface area contributed by atoms with E-state index >= 15 is 0 Å². The fourth-order valence-electron chi connectivity index (χ4n) is 5.19. The molecule has 0 N–H and O–H groups in total. The molecule has 0 aliphatic heterocycles. The molecule has 4 heteroatoms. The second-order valence-corrected chi connectivity index (χ2v) is 11.4. The van der Waals surface area contributed by atoms with Crippen LogP contribution in [0.25, 0.3) is 24.3 Å². The van der Waals surface area contributed by atoms with E-state index in [0.29, 0.717) is 0 Å². The minimum atomic E-state index is 0.818. The molecule has 0 saturated carbocycles. The van der Waals surface area contributed by atoms with Crippen molar-refractivity contribution in [1.29, 1.82) is 0 Å². The Balaban J connectivity index is 1.71. The van der Waals surface area contributed by atoms with Crippen LogP contribution in [0.1, 0.15) is 94.4 Å². The Bertz CT molecular complexity index is 1250. The van der Waals surface area contributed by atoms with E-state index in [1.165, 1.54) is 62.7 Å². The average Bonchev–Trinajstić information content (AvgIpc) is 3.05. The molecule has 0 atom stereocenters. The zero-order valence-corrected chi connectivity index (χ0v) is 27.6. The Kier molecular flexibility index (Phi) is 14.8. The average molecular weight is 583 g/mol. The summed E-state index contributed by atoms with van der Waals surface area (Å²) in [6, 6.07) is 21.7. The maximum Gasteiger partial charge on any atom is 0.126 e. The fraction of sp³-hybridized carbons (Fsp3) is 0.436. The summed E-state index contributed by atoms with van der Waals surface area (Å²) < 4.78 is 11.6. The van der Waals surface area contributed by atoms with E-state index in [2.05, 4.69) is 123 Å². The molecular formula is C39H54N2O2. The van der Waals surface area contributed by atoms with Crippen molar-refractivity contribution < 1.29 is 9.47 Å². The van der Waals surface area contributed by atoms with Crippen LogP contribution in [0, 0.1) is 0 Å². The van der Waals surface area contributed by atoms with E-state index in [-0.39, 0.29) is 0 Å². The number of anilines is 2. The van der Waals surface area contributed by atoms with E-state index in [1.807, 2.05) is 0 Å². The summed E-state index contributed by atoms with van der Waals surface area (Å²) in [6.45, 7) is 10.1. The fourth-order valence-corrected chi connectivity index (χ4v) is 5.19. The van der Waals surface area contributed by atoms with Crippen molar-refractivity contribution in [2.75, 3.05) is 50.7 Å². The van der Waals surface area contributed by atoms with Gasteiger partial charge in [-0.05, 0) is 66.8 Å². The van der Waals surface area contributed by atoms with Gasteiger partial charge in [-0.1, -0.05) is 101 Å². The SMILES string of the molecule is CCCCCCN(C)c1ccc(C=Cc2cc(OC)c(C=Cc3ccc(N(CCCC)CCCC)cc3)cc2OC)cc1. The Labute approximate surface area is 262 Å². The van der Waals surface area contributed by atoms with Gasteiger partial charge in [-0.2, -0.15) is 0 Å². The molecule has 3 aromatic rings. The first-order valence-corrected chi connectivity index (χ1v) is 16.3. The monoisotopic (exact) mass is 582 g/mol. The zero-order chi connectivity index (χ0) is 30.9. The number of nitrogens with zero attached hydrogens (tertiary/aromatic N) is 2. The maximum absolute atomic E-state index is 5.79. The molecule has 3 rings (SSSR count). The van der Waals surface area contributed by atoms with Crippen LogP contribution in [0.15, 0.2) is 60.7 Å². The number of benzene rings is 3. The van der Waals surface area contributed by atoms with Gasteiger partial charge in [-0.25, -0.2) is 0 Å². The normalized spacial score (nSPS) is 11.4. The number of unbranched alkanes of at least 4 members (excludes halogenated alkanes) is 5. The number of methoxy groups -OCH3 is 2. The van der Waals surface area contributed by atoms with Crippen molar-refractivity contribution in [2.24, 2.45) is 0 Å². The molecule has 0 spiro atoms. The number of hydrogen-bond acceptors (Lipinski definition) is 4. The van der Waals surface area contributed by atoms with Gasteiger partial charge in [0, 0.05) is 49.2 Å². The maximum atomic E-state index is 5.79. The molecule has 0 bridgehead atoms. The molecule has 0 saturated heterocycles. The molecule has 0 amide bonds. The minimum Gasteiger partial charge on any atom is -0.496 e. The highest BCUT2D eigenvalue weighted by atomic mass is 16.5. The van der Waals surface area contributed by atoms with Crippen molar-refractivity contribution in [2.45, 2.75) is 72.1 Å². The highest BCUT2D eigenvalue weighted by molar-refractivity contribution is 5.79. The summed E-state index contributed by atoms with van der Waals surface area (Å²) >= 11 is 0. The van der Waals surface area contributed by atoms with Crippen molar-refractivity contribution in [3.63, 3.8) is 0 Å². The van der Waals surface area contributed by atoms with Crippen LogP contribution < -0.4 is 19.3 Å². The van der Waals surface area contributed by atoms with Crippen LogP contribution in [0.4, 0.5) is 11.4 Å². The number of rotatable bonds is 19. The lowest BCUT2D eigenvalue weighted by Gasteiger charge is -2.24. The highest BCUT2D eigenvalue weighted by Crippen LogP contribution is 2.32. The van der Waals surface area contributed by atoms with Crippen molar-refractivity contribution in [1.82, 2.24) is 0 Å². The van der Waals surface area contributed by atoms with Crippen molar-refractivity contribution >= 4 is 35.7 Å². The van der Waals surface area contributed by atoms with Gasteiger partial charge in [0.05, 0.1) is 14.2 Å². The number of hydrogen-bond donors (Lipinski definition) is 0. The molecule has 3 aromatic carbocycles. The third-order valence-corrected chi connectivity index (χ3v) is 8.00. The zero-order valence-electron chi connectivity index (χ0n) is 27.6. The summed E-state index contributed by atoms with van der Waals surface area (Å²) in [5.74, 6) is 1.64. The van der Waals surface area contributed by atoms with Gasteiger partial charge in [0.25, 0.3) is 0 Å². The van der Waals surface area contributed by atoms with E-state index in [0.717, 1.165) is 53.4 Å². The molecule has 0 aromatic heterocycles. The van der Waals surface area contributed by atoms with Crippen LogP contribution in [0.3, 0.4) is 0 Å². The van der Waals surface area contributed by atoms with E-state index in [9.17, 15) is 0 Å². The van der Waals surface area contributed by atoms with Gasteiger partial charge < -0.3 is 19.3 Å². The first-order valence-electron chi connectivity index (χ1n) is 16.3. The van der Waals surface area contributed by atoms with Gasteiger partial charge in [0.15, 0.2) is 0 Å². The Hall–Kier alpha value is -3.66. The van der Waals surface area contributed by atoms with Gasteiger partial charge in [0.1, 0.15) is 11.5 Å². The second-order valence-electron chi connectivity index (χ2n) is 11.4. The third-order valence-electron chi connectivity index (χ3n) is 8.00. The summed E-state index contributed by atoms with van der Waals surface area (Å²) in [5, 5.41) is 0. The van der Waals surface area contributed by atoms with E-state index < -0.39 is 0 Å². The summed E-state index contributed by atoms with van der Waals surface area (Å²) in [5.41, 5.74) is 6.84. The largest absolute Gasteiger partial charge is 0.496 e. The third kappa shape index (κ3) is 10.8. The van der Waals surface area contributed by atoms with Crippen LogP contribution in [-0.4, -0.2) is 40.9 Å². The molecular weight excluding hydrogens is 528 g/mol. The standard InChI is InChI=1S/C39H54N2O2/c1-7-10-13-14-27-40(4)36-23-17-32(18-24-36)15-21-34-30-39(43-6)35(31-38(34)42-5)22-16-33-19-25-37(26-20-33)41(28-11-8-2)29-12-9-3/h15-26,30-31H,7-14,27-29H2,1-6H3. The highest BCUT2D eigenvalue weighted by Gasteiger charge is 2.09. The predicted octanol–water partition coefficient (Wildman–Crippen LogP) is 10.5. The molecule has 0 aliphatic rings. The summed E-state index contributed by atoms with van der Waals surface area (Å²) in [4.78, 5) is 4.86. The smallest absolute Gasteiger partial charge is 0.126 e. The van der Waals surface area contributed by atoms with Crippen molar-refractivity contribution in [3.8, 4) is 11.5 Å². The molecule has 0 heterocycles. The van der Waals surface area contributed by atoms with E-state index in [1.54, 1.807) is 14.2 Å². The van der Waals surface area contributed by atoms with Gasteiger partial charge >= 0.3 is 0 Å². The predicted molar refractivity (Wildman–Crippen MR) is 190 cm³/mol. The topological polar surface area (TPSA) is 24.9 Å². The Morgan fingerprint density at radius 2 is 1.00 bits per heavy atom. The lowest BCUT2D eigenvalue weighted by molar-refractivity contribution is 0.401. The van der Waals surface area contributed by atoms with Crippen LogP contribution >= 0.6 is 0 Å². The first kappa shape index (κ1) is 33.8. The van der Waals surface area contributed by atoms with Crippen LogP contribution in [0.2, 0.25) is 0 Å². The lowest BCUT2D eigenvalue weighted by atomic mass is 10.0. The second kappa shape index (κ2) is 18.8. The van der Waals surface area contributed by atoms with E-state index in [4.69, 9.17) is 9.47 Å². The summed E-state index contributed by atoms with van der Waals surface area (Å²) in [6.07, 6.45) is 18.5. The Morgan fingerprint density at radius 1 is 0.535 bits per heavy atom. The van der Waals surface area contributed by atoms with Crippen molar-refractivity contribution in [3.05, 3.63) is 82.9 Å². The summed E-state index contributed by atoms with van der Waals surface area (Å²) in [7, 11) is 5.62. The molecule has 232 valence electrons. The van der Waals surface area contributed by atoms with Gasteiger partial charge in [0.2, 0.25) is 0 Å². The minimum absolute atomic E-state index is 0.818. The quantitative estimate of drug-likeness (QED) is 0.104. The molecule has 4 nitrogen and oxygen atoms in total. The Morgan fingerprint density at radius 3 is 1.44 bits per heavy atom. The van der Waals surface area contributed by atoms with Crippen LogP contribution in [0.5, 0.6) is 11.5 Å². The molecule has 43 heavy (non-hydrogen) atoms. The van der Waals surface area contributed by atoms with Gasteiger partial charge in [-0.15, -0.1) is 0 Å². The number of ether oxygens (including phenoxy) is 2. The molecule has 0 aliphatic carbocycles. The molecule has 0 fully saturated rings. The van der Waals surface area contributed by atoms with Crippen LogP contribution in [-0.2, 0) is 0 Å². The van der Waals surface area contributed by atoms with Gasteiger partial charge in [-0.3, -0.25) is 0 Å². The molecule has 0 radical (unpaired) electrons. The molecule has 0 unspecified atom stereocenters. The lowest BCUT2D eigenvalue weighted by Crippen LogP contribution is -2.25. The first-order chi connectivity index (χ1) is 21.0.